The predicted molar refractivity (Wildman–Crippen MR) is 148 cm³/mol. The lowest BCUT2D eigenvalue weighted by Gasteiger charge is -2.15. The standard InChI is InChI=1S/C30H27ClN2O6/c1-4-5-16-38-29(36)20-10-14-23(15-11-20)33-27(34)25(31)26(28(33)35)32-22-12-8-21(9-13-22)30(37)39-24-17-18(2)6-7-19(24)3/h6-15,17,32H,4-5,16H2,1-3H3. The number of carbonyl (C=O) groups is 4. The average Bonchev–Trinajstić information content (AvgIpc) is 3.14. The molecule has 200 valence electrons. The van der Waals surface area contributed by atoms with Gasteiger partial charge in [-0.05, 0) is 86.0 Å². The molecule has 0 aliphatic carbocycles. The van der Waals surface area contributed by atoms with Crippen LogP contribution in [0.1, 0.15) is 51.6 Å². The highest BCUT2D eigenvalue weighted by Crippen LogP contribution is 2.30. The number of hydrogen-bond donors (Lipinski definition) is 1. The van der Waals surface area contributed by atoms with Crippen molar-refractivity contribution in [1.29, 1.82) is 0 Å². The number of carbonyl (C=O) groups excluding carboxylic acids is 4. The van der Waals surface area contributed by atoms with Gasteiger partial charge in [0.25, 0.3) is 11.8 Å². The van der Waals surface area contributed by atoms with Gasteiger partial charge >= 0.3 is 11.9 Å². The van der Waals surface area contributed by atoms with E-state index >= 15 is 0 Å². The van der Waals surface area contributed by atoms with Crippen LogP contribution in [0.25, 0.3) is 0 Å². The monoisotopic (exact) mass is 546 g/mol. The van der Waals surface area contributed by atoms with Gasteiger partial charge in [0.05, 0.1) is 23.4 Å². The third-order valence-electron chi connectivity index (χ3n) is 6.06. The number of nitrogens with zero attached hydrogens (tertiary/aromatic N) is 1. The van der Waals surface area contributed by atoms with Gasteiger partial charge in [-0.2, -0.15) is 0 Å². The van der Waals surface area contributed by atoms with Crippen molar-refractivity contribution in [3.05, 3.63) is 99.7 Å². The van der Waals surface area contributed by atoms with Crippen LogP contribution in [0.15, 0.2) is 77.5 Å². The highest BCUT2D eigenvalue weighted by Gasteiger charge is 2.39. The summed E-state index contributed by atoms with van der Waals surface area (Å²) in [5.74, 6) is -1.87. The predicted octanol–water partition coefficient (Wildman–Crippen LogP) is 5.92. The van der Waals surface area contributed by atoms with Gasteiger partial charge in [0.2, 0.25) is 0 Å². The first-order chi connectivity index (χ1) is 18.7. The van der Waals surface area contributed by atoms with Crippen molar-refractivity contribution in [2.24, 2.45) is 0 Å². The van der Waals surface area contributed by atoms with E-state index in [1.165, 1.54) is 24.3 Å². The first-order valence-electron chi connectivity index (χ1n) is 12.4. The van der Waals surface area contributed by atoms with Crippen LogP contribution < -0.4 is 15.0 Å². The smallest absolute Gasteiger partial charge is 0.343 e. The second-order valence-corrected chi connectivity index (χ2v) is 9.41. The fourth-order valence-corrected chi connectivity index (χ4v) is 4.01. The molecule has 1 aliphatic rings. The van der Waals surface area contributed by atoms with Crippen molar-refractivity contribution in [3.8, 4) is 5.75 Å². The largest absolute Gasteiger partial charge is 0.462 e. The quantitative estimate of drug-likeness (QED) is 0.154. The fourth-order valence-electron chi connectivity index (χ4n) is 3.80. The molecular formula is C30H27ClN2O6. The first-order valence-corrected chi connectivity index (χ1v) is 12.8. The number of amides is 2. The van der Waals surface area contributed by atoms with Crippen molar-refractivity contribution in [2.75, 3.05) is 16.8 Å². The number of benzene rings is 3. The van der Waals surface area contributed by atoms with Crippen molar-refractivity contribution in [2.45, 2.75) is 33.6 Å². The van der Waals surface area contributed by atoms with Gasteiger partial charge in [-0.25, -0.2) is 14.5 Å². The number of ether oxygens (including phenoxy) is 2. The van der Waals surface area contributed by atoms with E-state index in [0.717, 1.165) is 28.9 Å². The van der Waals surface area contributed by atoms with E-state index in [0.29, 0.717) is 29.2 Å². The van der Waals surface area contributed by atoms with Gasteiger partial charge in [0.15, 0.2) is 0 Å². The zero-order valence-corrected chi connectivity index (χ0v) is 22.5. The van der Waals surface area contributed by atoms with Crippen LogP contribution in [-0.2, 0) is 14.3 Å². The highest BCUT2D eigenvalue weighted by molar-refractivity contribution is 6.53. The molecule has 0 radical (unpaired) electrons. The normalized spacial score (nSPS) is 13.1. The minimum Gasteiger partial charge on any atom is -0.462 e. The molecule has 0 saturated carbocycles. The van der Waals surface area contributed by atoms with Crippen LogP contribution in [0.4, 0.5) is 11.4 Å². The lowest BCUT2D eigenvalue weighted by atomic mass is 10.1. The molecule has 3 aromatic rings. The first kappa shape index (κ1) is 27.6. The lowest BCUT2D eigenvalue weighted by molar-refractivity contribution is -0.120. The van der Waals surface area contributed by atoms with E-state index in [1.54, 1.807) is 30.3 Å². The summed E-state index contributed by atoms with van der Waals surface area (Å²) in [7, 11) is 0. The van der Waals surface area contributed by atoms with Gasteiger partial charge < -0.3 is 14.8 Å². The Labute approximate surface area is 231 Å². The minimum atomic E-state index is -0.698. The van der Waals surface area contributed by atoms with E-state index < -0.39 is 23.8 Å². The Kier molecular flexibility index (Phi) is 8.46. The number of rotatable bonds is 9. The van der Waals surface area contributed by atoms with E-state index in [2.05, 4.69) is 5.32 Å². The summed E-state index contributed by atoms with van der Waals surface area (Å²) in [5, 5.41) is 2.59. The SMILES string of the molecule is CCCCOC(=O)c1ccc(N2C(=O)C(Cl)=C(Nc3ccc(C(=O)Oc4cc(C)ccc4C)cc3)C2=O)cc1. The average molecular weight is 547 g/mol. The number of unbranched alkanes of at least 4 members (excludes halogenated alkanes) is 1. The zero-order chi connectivity index (χ0) is 28.1. The van der Waals surface area contributed by atoms with Crippen molar-refractivity contribution < 1.29 is 28.7 Å². The van der Waals surface area contributed by atoms with E-state index in [4.69, 9.17) is 21.1 Å². The fraction of sp³-hybridized carbons (Fsp3) is 0.200. The number of halogens is 1. The molecule has 9 heteroatoms. The maximum absolute atomic E-state index is 13.1. The molecule has 8 nitrogen and oxygen atoms in total. The van der Waals surface area contributed by atoms with Gasteiger partial charge in [-0.3, -0.25) is 9.59 Å². The Morgan fingerprint density at radius 1 is 0.872 bits per heavy atom. The summed E-state index contributed by atoms with van der Waals surface area (Å²) in [5.41, 5.74) is 3.03. The maximum atomic E-state index is 13.1. The van der Waals surface area contributed by atoms with E-state index in [9.17, 15) is 19.2 Å². The minimum absolute atomic E-state index is 0.101. The Bertz CT molecular complexity index is 1460. The van der Waals surface area contributed by atoms with E-state index in [-0.39, 0.29) is 16.4 Å². The van der Waals surface area contributed by atoms with Crippen LogP contribution in [-0.4, -0.2) is 30.4 Å². The molecular weight excluding hydrogens is 520 g/mol. The van der Waals surface area contributed by atoms with Crippen molar-refractivity contribution in [3.63, 3.8) is 0 Å². The number of hydrogen-bond acceptors (Lipinski definition) is 7. The summed E-state index contributed by atoms with van der Waals surface area (Å²) in [6.07, 6.45) is 1.67. The molecule has 0 atom stereocenters. The number of imide groups is 1. The second kappa shape index (κ2) is 12.0. The molecule has 3 aromatic carbocycles. The molecule has 0 bridgehead atoms. The number of aryl methyl sites for hydroxylation is 2. The maximum Gasteiger partial charge on any atom is 0.343 e. The Morgan fingerprint density at radius 3 is 2.18 bits per heavy atom. The molecule has 4 rings (SSSR count). The van der Waals surface area contributed by atoms with Crippen LogP contribution in [0, 0.1) is 13.8 Å². The molecule has 0 unspecified atom stereocenters. The molecule has 2 amide bonds. The number of anilines is 2. The molecule has 1 heterocycles. The highest BCUT2D eigenvalue weighted by atomic mass is 35.5. The van der Waals surface area contributed by atoms with Gasteiger partial charge in [0, 0.05) is 5.69 Å². The summed E-state index contributed by atoms with van der Waals surface area (Å²) in [6.45, 7) is 6.08. The molecule has 0 spiro atoms. The summed E-state index contributed by atoms with van der Waals surface area (Å²) in [6, 6.07) is 17.8. The third kappa shape index (κ3) is 6.18. The number of esters is 2. The second-order valence-electron chi connectivity index (χ2n) is 9.03. The number of nitrogens with one attached hydrogen (secondary N) is 1. The lowest BCUT2D eigenvalue weighted by Crippen LogP contribution is -2.32. The topological polar surface area (TPSA) is 102 Å². The van der Waals surface area contributed by atoms with Crippen LogP contribution in [0.5, 0.6) is 5.75 Å². The van der Waals surface area contributed by atoms with Gasteiger partial charge in [0.1, 0.15) is 16.5 Å². The molecule has 1 N–H and O–H groups in total. The van der Waals surface area contributed by atoms with Crippen LogP contribution in [0.3, 0.4) is 0 Å². The summed E-state index contributed by atoms with van der Waals surface area (Å²) in [4.78, 5) is 51.6. The van der Waals surface area contributed by atoms with Crippen LogP contribution in [0.2, 0.25) is 0 Å². The van der Waals surface area contributed by atoms with Crippen molar-refractivity contribution in [1.82, 2.24) is 0 Å². The van der Waals surface area contributed by atoms with Gasteiger partial charge in [-0.15, -0.1) is 0 Å². The van der Waals surface area contributed by atoms with Gasteiger partial charge in [-0.1, -0.05) is 37.1 Å². The molecule has 0 fully saturated rings. The molecule has 0 aromatic heterocycles. The Hall–Kier alpha value is -4.43. The Balaban J connectivity index is 1.43. The Morgan fingerprint density at radius 2 is 1.51 bits per heavy atom. The molecule has 1 aliphatic heterocycles. The van der Waals surface area contributed by atoms with Crippen molar-refractivity contribution >= 4 is 46.7 Å². The summed E-state index contributed by atoms with van der Waals surface area (Å²) < 4.78 is 10.7. The van der Waals surface area contributed by atoms with E-state index in [1.807, 2.05) is 32.9 Å². The zero-order valence-electron chi connectivity index (χ0n) is 21.7. The molecule has 0 saturated heterocycles. The third-order valence-corrected chi connectivity index (χ3v) is 6.41. The molecule has 39 heavy (non-hydrogen) atoms. The summed E-state index contributed by atoms with van der Waals surface area (Å²) >= 11 is 6.23. The van der Waals surface area contributed by atoms with Crippen LogP contribution >= 0.6 is 11.6 Å².